The molecule has 126 valence electrons. The van der Waals surface area contributed by atoms with Crippen LogP contribution in [0.2, 0.25) is 5.02 Å². The fraction of sp³-hybridized carbons (Fsp3) is 0.0526. The lowest BCUT2D eigenvalue weighted by Gasteiger charge is -2.09. The summed E-state index contributed by atoms with van der Waals surface area (Å²) < 4.78 is 12.9. The van der Waals surface area contributed by atoms with Gasteiger partial charge in [0.25, 0.3) is 0 Å². The Labute approximate surface area is 149 Å². The average molecular weight is 356 g/mol. The molecule has 0 bridgehead atoms. The molecule has 2 aromatic carbocycles. The molecule has 0 radical (unpaired) electrons. The summed E-state index contributed by atoms with van der Waals surface area (Å²) in [6.07, 6.45) is 0. The standard InChI is InChI=1S/C19H15ClFN3O/c20-16-5-2-1-4-15(16)17-6-3-7-18(23-17)24-19(25)22-12-13-8-10-14(21)11-9-13/h1-11H,12H2,(H2,22,23,24,25). The maximum atomic E-state index is 12.9. The minimum Gasteiger partial charge on any atom is -0.334 e. The van der Waals surface area contributed by atoms with Crippen LogP contribution < -0.4 is 10.6 Å². The Hall–Kier alpha value is -2.92. The number of hydrogen-bond acceptors (Lipinski definition) is 2. The fourth-order valence-electron chi connectivity index (χ4n) is 2.27. The lowest BCUT2D eigenvalue weighted by Crippen LogP contribution is -2.28. The summed E-state index contributed by atoms with van der Waals surface area (Å²) in [6.45, 7) is 0.288. The normalized spacial score (nSPS) is 10.3. The number of anilines is 1. The molecule has 0 spiro atoms. The van der Waals surface area contributed by atoms with Crippen molar-refractivity contribution >= 4 is 23.4 Å². The Morgan fingerprint density at radius 1 is 1.00 bits per heavy atom. The molecule has 0 aliphatic rings. The van der Waals surface area contributed by atoms with Crippen molar-refractivity contribution in [3.63, 3.8) is 0 Å². The highest BCUT2D eigenvalue weighted by molar-refractivity contribution is 6.33. The van der Waals surface area contributed by atoms with Gasteiger partial charge >= 0.3 is 6.03 Å². The van der Waals surface area contributed by atoms with Gasteiger partial charge < -0.3 is 5.32 Å². The van der Waals surface area contributed by atoms with Crippen LogP contribution in [0.3, 0.4) is 0 Å². The third-order valence-electron chi connectivity index (χ3n) is 3.51. The molecule has 25 heavy (non-hydrogen) atoms. The van der Waals surface area contributed by atoms with Crippen LogP contribution in [0.5, 0.6) is 0 Å². The number of nitrogens with zero attached hydrogens (tertiary/aromatic N) is 1. The molecule has 1 aromatic heterocycles. The molecular formula is C19H15ClFN3O. The van der Waals surface area contributed by atoms with Crippen LogP contribution in [0.1, 0.15) is 5.56 Å². The lowest BCUT2D eigenvalue weighted by atomic mass is 10.1. The summed E-state index contributed by atoms with van der Waals surface area (Å²) in [7, 11) is 0. The second-order valence-corrected chi connectivity index (χ2v) is 5.73. The number of aromatic nitrogens is 1. The zero-order valence-electron chi connectivity index (χ0n) is 13.2. The van der Waals surface area contributed by atoms with Crippen LogP contribution in [0.25, 0.3) is 11.3 Å². The molecule has 0 aliphatic heterocycles. The molecule has 0 fully saturated rings. The number of benzene rings is 2. The summed E-state index contributed by atoms with van der Waals surface area (Å²) in [6, 6.07) is 18.2. The molecule has 0 saturated carbocycles. The van der Waals surface area contributed by atoms with Crippen LogP contribution >= 0.6 is 11.6 Å². The molecule has 0 saturated heterocycles. The lowest BCUT2D eigenvalue weighted by molar-refractivity contribution is 0.251. The second kappa shape index (κ2) is 7.77. The van der Waals surface area contributed by atoms with Gasteiger partial charge in [-0.2, -0.15) is 0 Å². The van der Waals surface area contributed by atoms with E-state index in [1.165, 1.54) is 12.1 Å². The number of rotatable bonds is 4. The molecule has 3 aromatic rings. The minimum absolute atomic E-state index is 0.288. The van der Waals surface area contributed by atoms with Crippen molar-refractivity contribution < 1.29 is 9.18 Å². The molecule has 3 rings (SSSR count). The highest BCUT2D eigenvalue weighted by Crippen LogP contribution is 2.26. The Morgan fingerprint density at radius 2 is 1.76 bits per heavy atom. The molecule has 1 heterocycles. The quantitative estimate of drug-likeness (QED) is 0.702. The molecule has 2 amide bonds. The van der Waals surface area contributed by atoms with Crippen LogP contribution in [0.4, 0.5) is 15.0 Å². The van der Waals surface area contributed by atoms with Crippen LogP contribution in [-0.2, 0) is 6.54 Å². The van der Waals surface area contributed by atoms with Gasteiger partial charge in [0.05, 0.1) is 5.69 Å². The van der Waals surface area contributed by atoms with Crippen molar-refractivity contribution in [2.45, 2.75) is 6.54 Å². The zero-order chi connectivity index (χ0) is 17.6. The number of hydrogen-bond donors (Lipinski definition) is 2. The Balaban J connectivity index is 1.64. The first-order chi connectivity index (χ1) is 12.1. The van der Waals surface area contributed by atoms with Gasteiger partial charge in [-0.3, -0.25) is 5.32 Å². The number of nitrogens with one attached hydrogen (secondary N) is 2. The number of halogens is 2. The van der Waals surface area contributed by atoms with E-state index in [1.54, 1.807) is 30.3 Å². The maximum absolute atomic E-state index is 12.9. The first-order valence-electron chi connectivity index (χ1n) is 7.63. The van der Waals surface area contributed by atoms with E-state index in [0.29, 0.717) is 16.5 Å². The summed E-state index contributed by atoms with van der Waals surface area (Å²) in [5.74, 6) is 0.0998. The highest BCUT2D eigenvalue weighted by atomic mass is 35.5. The van der Waals surface area contributed by atoms with Gasteiger partial charge in [-0.25, -0.2) is 14.2 Å². The molecule has 0 unspecified atom stereocenters. The van der Waals surface area contributed by atoms with Gasteiger partial charge in [0.2, 0.25) is 0 Å². The predicted molar refractivity (Wildman–Crippen MR) is 96.9 cm³/mol. The Bertz CT molecular complexity index is 884. The first kappa shape index (κ1) is 16.9. The van der Waals surface area contributed by atoms with E-state index in [9.17, 15) is 9.18 Å². The van der Waals surface area contributed by atoms with Crippen LogP contribution in [0, 0.1) is 5.82 Å². The van der Waals surface area contributed by atoms with Gasteiger partial charge in [-0.15, -0.1) is 0 Å². The monoisotopic (exact) mass is 355 g/mol. The van der Waals surface area contributed by atoms with Crippen molar-refractivity contribution in [3.05, 3.63) is 83.1 Å². The maximum Gasteiger partial charge on any atom is 0.320 e. The average Bonchev–Trinajstić information content (AvgIpc) is 2.62. The van der Waals surface area contributed by atoms with Crippen molar-refractivity contribution in [2.24, 2.45) is 0 Å². The van der Waals surface area contributed by atoms with Gasteiger partial charge in [-0.1, -0.05) is 48.0 Å². The van der Waals surface area contributed by atoms with E-state index in [-0.39, 0.29) is 12.4 Å². The van der Waals surface area contributed by atoms with E-state index >= 15 is 0 Å². The third kappa shape index (κ3) is 4.55. The summed E-state index contributed by atoms with van der Waals surface area (Å²) in [5, 5.41) is 5.96. The van der Waals surface area contributed by atoms with E-state index < -0.39 is 6.03 Å². The SMILES string of the molecule is O=C(NCc1ccc(F)cc1)Nc1cccc(-c2ccccc2Cl)n1. The molecule has 0 aliphatic carbocycles. The summed E-state index contributed by atoms with van der Waals surface area (Å²) >= 11 is 6.18. The summed E-state index contributed by atoms with van der Waals surface area (Å²) in [4.78, 5) is 16.4. The van der Waals surface area contributed by atoms with Gasteiger partial charge in [-0.05, 0) is 35.9 Å². The highest BCUT2D eigenvalue weighted by Gasteiger charge is 2.07. The van der Waals surface area contributed by atoms with Gasteiger partial charge in [0.15, 0.2) is 0 Å². The van der Waals surface area contributed by atoms with E-state index in [4.69, 9.17) is 11.6 Å². The van der Waals surface area contributed by atoms with Crippen LogP contribution in [0.15, 0.2) is 66.7 Å². The molecule has 2 N–H and O–H groups in total. The van der Waals surface area contributed by atoms with E-state index in [1.807, 2.05) is 24.3 Å². The van der Waals surface area contributed by atoms with Crippen molar-refractivity contribution in [1.82, 2.24) is 10.3 Å². The Morgan fingerprint density at radius 3 is 2.52 bits per heavy atom. The predicted octanol–water partition coefficient (Wildman–Crippen LogP) is 4.86. The number of carbonyl (C=O) groups excluding carboxylic acids is 1. The van der Waals surface area contributed by atoms with E-state index in [0.717, 1.165) is 11.1 Å². The number of pyridine rings is 1. The molecule has 4 nitrogen and oxygen atoms in total. The van der Waals surface area contributed by atoms with E-state index in [2.05, 4.69) is 15.6 Å². The first-order valence-corrected chi connectivity index (χ1v) is 8.01. The topological polar surface area (TPSA) is 54.0 Å². The van der Waals surface area contributed by atoms with Crippen LogP contribution in [-0.4, -0.2) is 11.0 Å². The second-order valence-electron chi connectivity index (χ2n) is 5.32. The smallest absolute Gasteiger partial charge is 0.320 e. The van der Waals surface area contributed by atoms with Crippen molar-refractivity contribution in [3.8, 4) is 11.3 Å². The summed E-state index contributed by atoms with van der Waals surface area (Å²) in [5.41, 5.74) is 2.26. The molecular weight excluding hydrogens is 341 g/mol. The zero-order valence-corrected chi connectivity index (χ0v) is 13.9. The number of urea groups is 1. The minimum atomic E-state index is -0.395. The number of carbonyl (C=O) groups is 1. The number of amides is 2. The molecule has 6 heteroatoms. The van der Waals surface area contributed by atoms with Crippen molar-refractivity contribution in [2.75, 3.05) is 5.32 Å². The van der Waals surface area contributed by atoms with Crippen molar-refractivity contribution in [1.29, 1.82) is 0 Å². The van der Waals surface area contributed by atoms with Gasteiger partial charge in [0.1, 0.15) is 11.6 Å². The fourth-order valence-corrected chi connectivity index (χ4v) is 2.50. The molecule has 0 atom stereocenters. The van der Waals surface area contributed by atoms with Gasteiger partial charge in [0, 0.05) is 17.1 Å². The third-order valence-corrected chi connectivity index (χ3v) is 3.84. The Kier molecular flexibility index (Phi) is 5.26. The largest absolute Gasteiger partial charge is 0.334 e.